The van der Waals surface area contributed by atoms with Crippen molar-refractivity contribution in [3.05, 3.63) is 0 Å². The maximum absolute atomic E-state index is 10.4. The van der Waals surface area contributed by atoms with Crippen molar-refractivity contribution >= 4 is 6.41 Å². The first-order valence-corrected chi connectivity index (χ1v) is 7.10. The third kappa shape index (κ3) is 5.07. The van der Waals surface area contributed by atoms with Crippen LogP contribution in [0, 0.1) is 5.41 Å². The van der Waals surface area contributed by atoms with Crippen molar-refractivity contribution in [2.24, 2.45) is 11.1 Å². The van der Waals surface area contributed by atoms with E-state index in [1.165, 1.54) is 32.1 Å². The van der Waals surface area contributed by atoms with Crippen LogP contribution >= 0.6 is 0 Å². The summed E-state index contributed by atoms with van der Waals surface area (Å²) in [4.78, 5) is 12.3. The lowest BCUT2D eigenvalue weighted by Gasteiger charge is -2.50. The molecule has 0 aromatic carbocycles. The molecule has 0 aromatic rings. The lowest BCUT2D eigenvalue weighted by Crippen LogP contribution is -2.51. The van der Waals surface area contributed by atoms with E-state index in [4.69, 9.17) is 5.73 Å². The van der Waals surface area contributed by atoms with Gasteiger partial charge >= 0.3 is 0 Å². The second-order valence-electron chi connectivity index (χ2n) is 5.02. The molecule has 17 heavy (non-hydrogen) atoms. The van der Waals surface area contributed by atoms with Gasteiger partial charge in [0.05, 0.1) is 0 Å². The van der Waals surface area contributed by atoms with Crippen molar-refractivity contribution in [3.8, 4) is 0 Å². The van der Waals surface area contributed by atoms with Crippen LogP contribution in [0.2, 0.25) is 0 Å². The highest BCUT2D eigenvalue weighted by atomic mass is 16.1. The molecule has 1 spiro atoms. The number of carbonyl (C=O) groups excluding carboxylic acids is 1. The molecular weight excluding hydrogens is 212 g/mol. The topological polar surface area (TPSA) is 46.3 Å². The van der Waals surface area contributed by atoms with Crippen LogP contribution < -0.4 is 5.73 Å². The largest absolute Gasteiger partial charge is 0.345 e. The molecule has 0 atom stereocenters. The van der Waals surface area contributed by atoms with Crippen LogP contribution in [0.25, 0.3) is 0 Å². The van der Waals surface area contributed by atoms with Gasteiger partial charge in [0, 0.05) is 19.1 Å². The second-order valence-corrected chi connectivity index (χ2v) is 5.02. The predicted molar refractivity (Wildman–Crippen MR) is 73.8 cm³/mol. The molecule has 1 saturated carbocycles. The minimum absolute atomic E-state index is 0.438. The van der Waals surface area contributed by atoms with E-state index < -0.39 is 0 Å². The molecule has 0 radical (unpaired) electrons. The lowest BCUT2D eigenvalue weighted by atomic mass is 9.61. The summed E-state index contributed by atoms with van der Waals surface area (Å²) in [6, 6.07) is 0.438. The summed E-state index contributed by atoms with van der Waals surface area (Å²) >= 11 is 0. The minimum atomic E-state index is 0.438. The third-order valence-corrected chi connectivity index (χ3v) is 3.40. The molecule has 1 heterocycles. The number of amides is 1. The number of carbonyl (C=O) groups is 1. The summed E-state index contributed by atoms with van der Waals surface area (Å²) < 4.78 is 0. The number of piperidine rings is 1. The van der Waals surface area contributed by atoms with E-state index in [0.29, 0.717) is 11.5 Å². The van der Waals surface area contributed by atoms with Crippen molar-refractivity contribution < 1.29 is 4.79 Å². The van der Waals surface area contributed by atoms with Gasteiger partial charge in [-0.2, -0.15) is 0 Å². The van der Waals surface area contributed by atoms with Gasteiger partial charge in [0.2, 0.25) is 6.41 Å². The molecule has 2 fully saturated rings. The fourth-order valence-corrected chi connectivity index (χ4v) is 2.56. The minimum Gasteiger partial charge on any atom is -0.345 e. The van der Waals surface area contributed by atoms with Crippen LogP contribution in [-0.2, 0) is 4.79 Å². The Morgan fingerprint density at radius 1 is 1.24 bits per heavy atom. The van der Waals surface area contributed by atoms with E-state index in [2.05, 4.69) is 13.8 Å². The number of likely N-dealkylation sites (tertiary alicyclic amines) is 1. The normalized spacial score (nSPS) is 21.6. The second kappa shape index (κ2) is 8.51. The SMILES string of the molecule is CC.CCC.NC1CC2(CCN(C=O)CC2)C1. The van der Waals surface area contributed by atoms with Crippen LogP contribution in [0.15, 0.2) is 0 Å². The monoisotopic (exact) mass is 242 g/mol. The van der Waals surface area contributed by atoms with Gasteiger partial charge in [0.1, 0.15) is 0 Å². The van der Waals surface area contributed by atoms with Crippen LogP contribution in [0.1, 0.15) is 59.8 Å². The molecule has 1 amide bonds. The smallest absolute Gasteiger partial charge is 0.209 e. The Bertz CT molecular complexity index is 190. The maximum Gasteiger partial charge on any atom is 0.209 e. The number of hydrogen-bond donors (Lipinski definition) is 1. The molecule has 0 bridgehead atoms. The van der Waals surface area contributed by atoms with E-state index >= 15 is 0 Å². The lowest BCUT2D eigenvalue weighted by molar-refractivity contribution is -0.121. The highest BCUT2D eigenvalue weighted by Crippen LogP contribution is 2.47. The van der Waals surface area contributed by atoms with Crippen molar-refractivity contribution in [2.45, 2.75) is 65.8 Å². The first kappa shape index (κ1) is 16.4. The van der Waals surface area contributed by atoms with Crippen molar-refractivity contribution in [3.63, 3.8) is 0 Å². The van der Waals surface area contributed by atoms with Crippen LogP contribution in [0.4, 0.5) is 0 Å². The zero-order chi connectivity index (χ0) is 13.3. The molecular formula is C14H30N2O. The van der Waals surface area contributed by atoms with Crippen molar-refractivity contribution in [1.29, 1.82) is 0 Å². The molecule has 2 aliphatic rings. The van der Waals surface area contributed by atoms with Gasteiger partial charge in [-0.25, -0.2) is 0 Å². The third-order valence-electron chi connectivity index (χ3n) is 3.40. The fourth-order valence-electron chi connectivity index (χ4n) is 2.56. The van der Waals surface area contributed by atoms with E-state index in [9.17, 15) is 4.79 Å². The zero-order valence-electron chi connectivity index (χ0n) is 12.0. The predicted octanol–water partition coefficient (Wildman–Crippen LogP) is 2.79. The van der Waals surface area contributed by atoms with Gasteiger partial charge < -0.3 is 10.6 Å². The average molecular weight is 242 g/mol. The van der Waals surface area contributed by atoms with Gasteiger partial charge in [-0.1, -0.05) is 34.1 Å². The quantitative estimate of drug-likeness (QED) is 0.719. The van der Waals surface area contributed by atoms with E-state index in [-0.39, 0.29) is 0 Å². The maximum atomic E-state index is 10.4. The summed E-state index contributed by atoms with van der Waals surface area (Å²) in [7, 11) is 0. The summed E-state index contributed by atoms with van der Waals surface area (Å²) in [6.45, 7) is 10.1. The van der Waals surface area contributed by atoms with Crippen molar-refractivity contribution in [2.75, 3.05) is 13.1 Å². The van der Waals surface area contributed by atoms with Crippen molar-refractivity contribution in [1.82, 2.24) is 4.90 Å². The first-order valence-electron chi connectivity index (χ1n) is 7.10. The summed E-state index contributed by atoms with van der Waals surface area (Å²) in [6.07, 6.45) is 6.91. The summed E-state index contributed by atoms with van der Waals surface area (Å²) in [5.74, 6) is 0. The molecule has 1 saturated heterocycles. The molecule has 2 N–H and O–H groups in total. The Hall–Kier alpha value is -0.570. The summed E-state index contributed by atoms with van der Waals surface area (Å²) in [5, 5.41) is 0. The Balaban J connectivity index is 0.000000450. The molecule has 3 heteroatoms. The molecule has 3 nitrogen and oxygen atoms in total. The van der Waals surface area contributed by atoms with Crippen LogP contribution in [-0.4, -0.2) is 30.4 Å². The Morgan fingerprint density at radius 2 is 1.65 bits per heavy atom. The Morgan fingerprint density at radius 3 is 1.94 bits per heavy atom. The van der Waals surface area contributed by atoms with Crippen LogP contribution in [0.5, 0.6) is 0 Å². The summed E-state index contributed by atoms with van der Waals surface area (Å²) in [5.41, 5.74) is 6.29. The van der Waals surface area contributed by atoms with Crippen LogP contribution in [0.3, 0.4) is 0 Å². The van der Waals surface area contributed by atoms with Gasteiger partial charge in [0.25, 0.3) is 0 Å². The standard InChI is InChI=1S/C9H16N2O.C3H8.C2H6/c10-8-5-9(6-8)1-3-11(7-12)4-2-9;1-3-2;1-2/h7-8H,1-6,10H2;3H2,1-2H3;1-2H3. The fraction of sp³-hybridized carbons (Fsp3) is 0.929. The van der Waals surface area contributed by atoms with Gasteiger partial charge in [0.15, 0.2) is 0 Å². The van der Waals surface area contributed by atoms with E-state index in [1.807, 2.05) is 18.7 Å². The molecule has 2 rings (SSSR count). The van der Waals surface area contributed by atoms with Gasteiger partial charge in [-0.15, -0.1) is 0 Å². The van der Waals surface area contributed by atoms with E-state index in [1.54, 1.807) is 0 Å². The number of rotatable bonds is 1. The highest BCUT2D eigenvalue weighted by Gasteiger charge is 2.43. The van der Waals surface area contributed by atoms with Gasteiger partial charge in [-0.05, 0) is 31.1 Å². The Kier molecular flexibility index (Phi) is 8.23. The Labute approximate surface area is 107 Å². The van der Waals surface area contributed by atoms with E-state index in [0.717, 1.165) is 19.5 Å². The number of nitrogens with two attached hydrogens (primary N) is 1. The first-order chi connectivity index (χ1) is 8.15. The van der Waals surface area contributed by atoms with Gasteiger partial charge in [-0.3, -0.25) is 4.79 Å². The molecule has 1 aliphatic carbocycles. The molecule has 1 aliphatic heterocycles. The molecule has 0 aromatic heterocycles. The average Bonchev–Trinajstić information content (AvgIpc) is 2.32. The zero-order valence-corrected chi connectivity index (χ0v) is 12.0. The highest BCUT2D eigenvalue weighted by molar-refractivity contribution is 5.47. The number of nitrogens with zero attached hydrogens (tertiary/aromatic N) is 1. The molecule has 0 unspecified atom stereocenters. The number of hydrogen-bond acceptors (Lipinski definition) is 2. The molecule has 102 valence electrons.